The Hall–Kier alpha value is -2.93. The molecule has 0 unspecified atom stereocenters. The summed E-state index contributed by atoms with van der Waals surface area (Å²) >= 11 is 0.939. The highest BCUT2D eigenvalue weighted by Gasteiger charge is 2.11. The molecule has 0 saturated heterocycles. The van der Waals surface area contributed by atoms with Crippen LogP contribution in [0.25, 0.3) is 0 Å². The van der Waals surface area contributed by atoms with Crippen molar-refractivity contribution in [2.45, 2.75) is 20.5 Å². The fraction of sp³-hybridized carbons (Fsp3) is 0.158. The molecule has 1 N–H and O–H groups in total. The van der Waals surface area contributed by atoms with E-state index in [1.165, 1.54) is 12.3 Å². The summed E-state index contributed by atoms with van der Waals surface area (Å²) in [6.07, 6.45) is 1.37. The van der Waals surface area contributed by atoms with Crippen LogP contribution in [0, 0.1) is 19.0 Å². The molecular formula is C19H17FN2O3S. The Balaban J connectivity index is 1.56. The van der Waals surface area contributed by atoms with Crippen molar-refractivity contribution >= 4 is 23.5 Å². The van der Waals surface area contributed by atoms with Crippen LogP contribution >= 0.6 is 11.3 Å². The number of nitrogens with one attached hydrogen (secondary N) is 1. The highest BCUT2D eigenvalue weighted by molar-refractivity contribution is 7.12. The van der Waals surface area contributed by atoms with Crippen LogP contribution in [-0.4, -0.2) is 12.1 Å². The number of thiophene rings is 1. The molecule has 0 radical (unpaired) electrons. The maximum Gasteiger partial charge on any atom is 0.307 e. The average molecular weight is 372 g/mol. The summed E-state index contributed by atoms with van der Waals surface area (Å²) in [4.78, 5) is 12.6. The molecule has 3 rings (SSSR count). The second-order valence-electron chi connectivity index (χ2n) is 5.66. The minimum absolute atomic E-state index is 0.124. The molecule has 1 amide bonds. The quantitative estimate of drug-likeness (QED) is 0.514. The van der Waals surface area contributed by atoms with Gasteiger partial charge in [0.1, 0.15) is 18.1 Å². The van der Waals surface area contributed by atoms with Crippen LogP contribution in [-0.2, 0) is 6.61 Å². The van der Waals surface area contributed by atoms with Crippen molar-refractivity contribution in [2.24, 2.45) is 5.10 Å². The molecule has 134 valence electrons. The standard InChI is InChI=1S/C19H17FN2O3S/c1-12-3-4-13(2)17(9-12)24-11-14-5-7-16(25-14)19(23)22-21-10-15-6-8-18(20)26-15/h3-10H,11H2,1-2H3,(H,22,23)/b21-10+. The Morgan fingerprint density at radius 3 is 2.88 bits per heavy atom. The van der Waals surface area contributed by atoms with Crippen molar-refractivity contribution in [3.05, 3.63) is 75.1 Å². The first-order valence-corrected chi connectivity index (χ1v) is 8.70. The maximum atomic E-state index is 12.9. The number of amides is 1. The van der Waals surface area contributed by atoms with Gasteiger partial charge in [0.15, 0.2) is 10.9 Å². The van der Waals surface area contributed by atoms with Crippen molar-refractivity contribution < 1.29 is 18.3 Å². The predicted molar refractivity (Wildman–Crippen MR) is 98.3 cm³/mol. The number of furan rings is 1. The number of halogens is 1. The van der Waals surface area contributed by atoms with Crippen molar-refractivity contribution in [3.63, 3.8) is 0 Å². The smallest absolute Gasteiger partial charge is 0.307 e. The first kappa shape index (κ1) is 17.9. The number of hydrogen-bond donors (Lipinski definition) is 1. The number of aryl methyl sites for hydroxylation is 2. The number of hydrazone groups is 1. The first-order valence-electron chi connectivity index (χ1n) is 7.89. The molecule has 0 fully saturated rings. The Labute approximate surface area is 154 Å². The van der Waals surface area contributed by atoms with Crippen molar-refractivity contribution in [2.75, 3.05) is 0 Å². The van der Waals surface area contributed by atoms with Gasteiger partial charge >= 0.3 is 5.91 Å². The summed E-state index contributed by atoms with van der Waals surface area (Å²) in [5.41, 5.74) is 4.47. The van der Waals surface area contributed by atoms with Crippen LogP contribution in [0.4, 0.5) is 4.39 Å². The number of rotatable bonds is 6. The highest BCUT2D eigenvalue weighted by atomic mass is 32.1. The summed E-state index contributed by atoms with van der Waals surface area (Å²) in [6.45, 7) is 4.18. The van der Waals surface area contributed by atoms with Gasteiger partial charge in [-0.15, -0.1) is 11.3 Å². The minimum Gasteiger partial charge on any atom is -0.485 e. The lowest BCUT2D eigenvalue weighted by Gasteiger charge is -2.08. The molecule has 0 bridgehead atoms. The zero-order valence-corrected chi connectivity index (χ0v) is 15.1. The van der Waals surface area contributed by atoms with E-state index in [1.807, 2.05) is 32.0 Å². The van der Waals surface area contributed by atoms with E-state index in [2.05, 4.69) is 10.5 Å². The lowest BCUT2D eigenvalue weighted by atomic mass is 10.1. The zero-order chi connectivity index (χ0) is 18.5. The topological polar surface area (TPSA) is 63.8 Å². The van der Waals surface area contributed by atoms with Gasteiger partial charge in [0.05, 0.1) is 11.1 Å². The van der Waals surface area contributed by atoms with Gasteiger partial charge < -0.3 is 9.15 Å². The molecule has 0 aliphatic carbocycles. The van der Waals surface area contributed by atoms with Gasteiger partial charge in [-0.2, -0.15) is 9.49 Å². The lowest BCUT2D eigenvalue weighted by Crippen LogP contribution is -2.16. The number of carbonyl (C=O) groups excluding carboxylic acids is 1. The van der Waals surface area contributed by atoms with E-state index in [4.69, 9.17) is 9.15 Å². The molecule has 26 heavy (non-hydrogen) atoms. The van der Waals surface area contributed by atoms with E-state index in [0.29, 0.717) is 10.6 Å². The average Bonchev–Trinajstić information content (AvgIpc) is 3.25. The van der Waals surface area contributed by atoms with E-state index in [0.717, 1.165) is 28.2 Å². The number of nitrogens with zero attached hydrogens (tertiary/aromatic N) is 1. The first-order chi connectivity index (χ1) is 12.5. The Morgan fingerprint density at radius 1 is 1.27 bits per heavy atom. The van der Waals surface area contributed by atoms with Gasteiger partial charge in [-0.1, -0.05) is 12.1 Å². The van der Waals surface area contributed by atoms with E-state index >= 15 is 0 Å². The summed E-state index contributed by atoms with van der Waals surface area (Å²) in [5.74, 6) is 0.941. The van der Waals surface area contributed by atoms with E-state index < -0.39 is 5.91 Å². The third-order valence-electron chi connectivity index (χ3n) is 3.55. The monoisotopic (exact) mass is 372 g/mol. The third kappa shape index (κ3) is 4.58. The van der Waals surface area contributed by atoms with E-state index in [-0.39, 0.29) is 17.5 Å². The summed E-state index contributed by atoms with van der Waals surface area (Å²) in [5, 5.41) is 3.48. The molecule has 1 aromatic carbocycles. The number of benzene rings is 1. The van der Waals surface area contributed by atoms with Crippen LogP contribution in [0.2, 0.25) is 0 Å². The Kier molecular flexibility index (Phi) is 5.48. The van der Waals surface area contributed by atoms with Crippen molar-refractivity contribution in [1.82, 2.24) is 5.43 Å². The highest BCUT2D eigenvalue weighted by Crippen LogP contribution is 2.21. The molecule has 3 aromatic rings. The molecule has 0 saturated carbocycles. The largest absolute Gasteiger partial charge is 0.485 e. The summed E-state index contributed by atoms with van der Waals surface area (Å²) in [6, 6.07) is 12.1. The third-order valence-corrected chi connectivity index (χ3v) is 4.36. The number of hydrogen-bond acceptors (Lipinski definition) is 5. The fourth-order valence-electron chi connectivity index (χ4n) is 2.20. The number of carbonyl (C=O) groups is 1. The molecule has 0 aliphatic heterocycles. The predicted octanol–water partition coefficient (Wildman–Crippen LogP) is 4.44. The van der Waals surface area contributed by atoms with Crippen LogP contribution in [0.3, 0.4) is 0 Å². The van der Waals surface area contributed by atoms with Gasteiger partial charge in [0, 0.05) is 0 Å². The molecule has 5 nitrogen and oxygen atoms in total. The van der Waals surface area contributed by atoms with Crippen LogP contribution in [0.5, 0.6) is 5.75 Å². The second kappa shape index (κ2) is 7.97. The molecule has 0 spiro atoms. The molecule has 2 heterocycles. The second-order valence-corrected chi connectivity index (χ2v) is 6.73. The fourth-order valence-corrected chi connectivity index (χ4v) is 2.80. The van der Waals surface area contributed by atoms with Crippen molar-refractivity contribution in [1.29, 1.82) is 0 Å². The van der Waals surface area contributed by atoms with Gasteiger partial charge in [0.25, 0.3) is 0 Å². The van der Waals surface area contributed by atoms with Gasteiger partial charge in [-0.3, -0.25) is 4.79 Å². The molecule has 7 heteroatoms. The maximum absolute atomic E-state index is 12.9. The lowest BCUT2D eigenvalue weighted by molar-refractivity contribution is 0.0923. The van der Waals surface area contributed by atoms with Crippen molar-refractivity contribution in [3.8, 4) is 5.75 Å². The van der Waals surface area contributed by atoms with Crippen LogP contribution < -0.4 is 10.2 Å². The normalized spacial score (nSPS) is 11.0. The van der Waals surface area contributed by atoms with Gasteiger partial charge in [-0.25, -0.2) is 5.43 Å². The molecular weight excluding hydrogens is 355 g/mol. The van der Waals surface area contributed by atoms with Crippen LogP contribution in [0.1, 0.15) is 32.3 Å². The van der Waals surface area contributed by atoms with Crippen LogP contribution in [0.15, 0.2) is 52.0 Å². The van der Waals surface area contributed by atoms with E-state index in [9.17, 15) is 9.18 Å². The summed E-state index contributed by atoms with van der Waals surface area (Å²) < 4.78 is 24.1. The summed E-state index contributed by atoms with van der Waals surface area (Å²) in [7, 11) is 0. The molecule has 0 aliphatic rings. The molecule has 2 aromatic heterocycles. The van der Waals surface area contributed by atoms with E-state index in [1.54, 1.807) is 18.2 Å². The van der Waals surface area contributed by atoms with Gasteiger partial charge in [0.2, 0.25) is 0 Å². The SMILES string of the molecule is Cc1ccc(C)c(OCc2ccc(C(=O)N/N=C/c3ccc(F)s3)o2)c1. The Morgan fingerprint density at radius 2 is 2.12 bits per heavy atom. The number of ether oxygens (including phenoxy) is 1. The zero-order valence-electron chi connectivity index (χ0n) is 14.3. The minimum atomic E-state index is -0.490. The Bertz CT molecular complexity index is 946. The molecule has 0 atom stereocenters. The van der Waals surface area contributed by atoms with Gasteiger partial charge in [-0.05, 0) is 55.3 Å².